The summed E-state index contributed by atoms with van der Waals surface area (Å²) < 4.78 is 29.7. The fraction of sp³-hybridized carbons (Fsp3) is 0.900. The number of carbonyl (C=O) groups is 1. The Bertz CT molecular complexity index is 320. The van der Waals surface area contributed by atoms with Crippen LogP contribution in [0.15, 0.2) is 0 Å². The molecule has 0 unspecified atom stereocenters. The number of rotatable bonds is 6. The Morgan fingerprint density at radius 2 is 1.94 bits per heavy atom. The normalized spacial score (nSPS) is 17.6. The first kappa shape index (κ1) is 13.4. The van der Waals surface area contributed by atoms with Crippen molar-refractivity contribution in [1.82, 2.24) is 4.31 Å². The molecule has 0 aliphatic carbocycles. The minimum atomic E-state index is -3.15. The van der Waals surface area contributed by atoms with E-state index >= 15 is 0 Å². The van der Waals surface area contributed by atoms with E-state index in [0.29, 0.717) is 26.1 Å². The maximum absolute atomic E-state index is 11.7. The van der Waals surface area contributed by atoms with Crippen LogP contribution in [0.5, 0.6) is 0 Å². The van der Waals surface area contributed by atoms with E-state index in [1.165, 1.54) is 4.31 Å². The summed E-state index contributed by atoms with van der Waals surface area (Å²) in [5.41, 5.74) is 0. The molecule has 0 aromatic heterocycles. The van der Waals surface area contributed by atoms with Crippen molar-refractivity contribution in [3.63, 3.8) is 0 Å². The van der Waals surface area contributed by atoms with Crippen LogP contribution in [0.4, 0.5) is 0 Å². The lowest BCUT2D eigenvalue weighted by Gasteiger charge is -2.14. The molecule has 0 aromatic rings. The summed E-state index contributed by atoms with van der Waals surface area (Å²) in [5, 5.41) is 0. The Morgan fingerprint density at radius 3 is 2.50 bits per heavy atom. The second-order valence-corrected chi connectivity index (χ2v) is 5.92. The van der Waals surface area contributed by atoms with Crippen molar-refractivity contribution in [3.8, 4) is 0 Å². The SMILES string of the molecule is CCOC(=O)CCCS(=O)(=O)N1CCCC1. The molecule has 0 aromatic carbocycles. The third-order valence-electron chi connectivity index (χ3n) is 2.55. The standard InChI is InChI=1S/C10H19NO4S/c1-2-15-10(12)6-5-9-16(13,14)11-7-3-4-8-11/h2-9H2,1H3. The Kier molecular flexibility index (Phi) is 5.21. The number of nitrogens with zero attached hydrogens (tertiary/aromatic N) is 1. The van der Waals surface area contributed by atoms with Crippen LogP contribution in [0.1, 0.15) is 32.6 Å². The van der Waals surface area contributed by atoms with Crippen LogP contribution in [-0.4, -0.2) is 44.1 Å². The molecule has 1 aliphatic rings. The van der Waals surface area contributed by atoms with E-state index in [2.05, 4.69) is 0 Å². The molecular formula is C10H19NO4S. The van der Waals surface area contributed by atoms with Crippen molar-refractivity contribution >= 4 is 16.0 Å². The van der Waals surface area contributed by atoms with Gasteiger partial charge in [-0.25, -0.2) is 12.7 Å². The van der Waals surface area contributed by atoms with Gasteiger partial charge >= 0.3 is 5.97 Å². The van der Waals surface area contributed by atoms with Gasteiger partial charge in [-0.3, -0.25) is 4.79 Å². The number of ether oxygens (including phenoxy) is 1. The van der Waals surface area contributed by atoms with Crippen LogP contribution in [0.25, 0.3) is 0 Å². The molecule has 0 bridgehead atoms. The third-order valence-corrected chi connectivity index (χ3v) is 4.50. The number of hydrogen-bond acceptors (Lipinski definition) is 4. The van der Waals surface area contributed by atoms with Crippen LogP contribution in [0, 0.1) is 0 Å². The molecule has 1 aliphatic heterocycles. The number of sulfonamides is 1. The second kappa shape index (κ2) is 6.20. The molecule has 0 amide bonds. The van der Waals surface area contributed by atoms with Gasteiger partial charge in [-0.2, -0.15) is 0 Å². The molecule has 5 nitrogen and oxygen atoms in total. The van der Waals surface area contributed by atoms with E-state index in [4.69, 9.17) is 4.74 Å². The van der Waals surface area contributed by atoms with Gasteiger partial charge < -0.3 is 4.74 Å². The maximum atomic E-state index is 11.7. The lowest BCUT2D eigenvalue weighted by atomic mass is 10.3. The molecular weight excluding hydrogens is 230 g/mol. The summed E-state index contributed by atoms with van der Waals surface area (Å²) in [6.45, 7) is 3.33. The summed E-state index contributed by atoms with van der Waals surface area (Å²) in [7, 11) is -3.15. The summed E-state index contributed by atoms with van der Waals surface area (Å²) >= 11 is 0. The summed E-state index contributed by atoms with van der Waals surface area (Å²) in [6.07, 6.45) is 2.41. The van der Waals surface area contributed by atoms with E-state index in [9.17, 15) is 13.2 Å². The zero-order chi connectivity index (χ0) is 12.0. The zero-order valence-corrected chi connectivity index (χ0v) is 10.5. The average molecular weight is 249 g/mol. The van der Waals surface area contributed by atoms with Crippen molar-refractivity contribution in [3.05, 3.63) is 0 Å². The summed E-state index contributed by atoms with van der Waals surface area (Å²) in [5.74, 6) is -0.273. The summed E-state index contributed by atoms with van der Waals surface area (Å²) in [6, 6.07) is 0. The van der Waals surface area contributed by atoms with Crippen LogP contribution >= 0.6 is 0 Å². The molecule has 94 valence electrons. The molecule has 1 heterocycles. The van der Waals surface area contributed by atoms with Crippen molar-refractivity contribution in [2.24, 2.45) is 0 Å². The Hall–Kier alpha value is -0.620. The summed E-state index contributed by atoms with van der Waals surface area (Å²) in [4.78, 5) is 11.0. The van der Waals surface area contributed by atoms with Gasteiger partial charge in [0.2, 0.25) is 10.0 Å². The van der Waals surface area contributed by atoms with Gasteiger partial charge in [0.25, 0.3) is 0 Å². The highest BCUT2D eigenvalue weighted by atomic mass is 32.2. The van der Waals surface area contributed by atoms with Crippen LogP contribution in [0.2, 0.25) is 0 Å². The van der Waals surface area contributed by atoms with Crippen molar-refractivity contribution in [2.75, 3.05) is 25.4 Å². The minimum Gasteiger partial charge on any atom is -0.466 e. The smallest absolute Gasteiger partial charge is 0.305 e. The van der Waals surface area contributed by atoms with Crippen LogP contribution in [-0.2, 0) is 19.6 Å². The first-order chi connectivity index (χ1) is 7.56. The Balaban J connectivity index is 2.28. The lowest BCUT2D eigenvalue weighted by Crippen LogP contribution is -2.30. The maximum Gasteiger partial charge on any atom is 0.305 e. The molecule has 0 radical (unpaired) electrons. The minimum absolute atomic E-state index is 0.0474. The molecule has 0 spiro atoms. The molecule has 1 fully saturated rings. The molecule has 0 N–H and O–H groups in total. The first-order valence-electron chi connectivity index (χ1n) is 5.69. The quantitative estimate of drug-likeness (QED) is 0.652. The van der Waals surface area contributed by atoms with Gasteiger partial charge in [0.1, 0.15) is 0 Å². The largest absolute Gasteiger partial charge is 0.466 e. The molecule has 0 atom stereocenters. The van der Waals surface area contributed by atoms with Gasteiger partial charge in [-0.05, 0) is 26.2 Å². The highest BCUT2D eigenvalue weighted by molar-refractivity contribution is 7.89. The Labute approximate surface area is 96.8 Å². The van der Waals surface area contributed by atoms with E-state index in [-0.39, 0.29) is 18.1 Å². The molecule has 16 heavy (non-hydrogen) atoms. The zero-order valence-electron chi connectivity index (χ0n) is 9.65. The van der Waals surface area contributed by atoms with E-state index in [1.807, 2.05) is 0 Å². The van der Waals surface area contributed by atoms with Gasteiger partial charge in [-0.1, -0.05) is 0 Å². The number of hydrogen-bond donors (Lipinski definition) is 0. The Morgan fingerprint density at radius 1 is 1.31 bits per heavy atom. The van der Waals surface area contributed by atoms with E-state index in [0.717, 1.165) is 12.8 Å². The van der Waals surface area contributed by atoms with Crippen molar-refractivity contribution in [2.45, 2.75) is 32.6 Å². The highest BCUT2D eigenvalue weighted by Crippen LogP contribution is 2.14. The average Bonchev–Trinajstić information content (AvgIpc) is 2.71. The van der Waals surface area contributed by atoms with E-state index in [1.54, 1.807) is 6.92 Å². The van der Waals surface area contributed by atoms with Crippen molar-refractivity contribution in [1.29, 1.82) is 0 Å². The molecule has 0 saturated carbocycles. The second-order valence-electron chi connectivity index (χ2n) is 3.83. The number of esters is 1. The predicted molar refractivity (Wildman–Crippen MR) is 60.5 cm³/mol. The topological polar surface area (TPSA) is 63.7 Å². The van der Waals surface area contributed by atoms with E-state index < -0.39 is 10.0 Å². The van der Waals surface area contributed by atoms with Gasteiger partial charge in [0, 0.05) is 19.5 Å². The fourth-order valence-electron chi connectivity index (χ4n) is 1.73. The fourth-order valence-corrected chi connectivity index (χ4v) is 3.31. The van der Waals surface area contributed by atoms with Gasteiger partial charge in [0.05, 0.1) is 12.4 Å². The monoisotopic (exact) mass is 249 g/mol. The predicted octanol–water partition coefficient (Wildman–Crippen LogP) is 0.755. The molecule has 1 rings (SSSR count). The lowest BCUT2D eigenvalue weighted by molar-refractivity contribution is -0.143. The number of carbonyl (C=O) groups excluding carboxylic acids is 1. The van der Waals surface area contributed by atoms with Crippen molar-refractivity contribution < 1.29 is 17.9 Å². The van der Waals surface area contributed by atoms with Crippen LogP contribution in [0.3, 0.4) is 0 Å². The van der Waals surface area contributed by atoms with Crippen LogP contribution < -0.4 is 0 Å². The first-order valence-corrected chi connectivity index (χ1v) is 7.30. The molecule has 6 heteroatoms. The molecule has 1 saturated heterocycles. The highest BCUT2D eigenvalue weighted by Gasteiger charge is 2.24. The van der Waals surface area contributed by atoms with Gasteiger partial charge in [-0.15, -0.1) is 0 Å². The third kappa shape index (κ3) is 4.09. The van der Waals surface area contributed by atoms with Gasteiger partial charge in [0.15, 0.2) is 0 Å².